The molecule has 1 N–H and O–H groups in total. The molecule has 0 saturated heterocycles. The first-order chi connectivity index (χ1) is 6.99. The Kier molecular flexibility index (Phi) is 8.64. The summed E-state index contributed by atoms with van der Waals surface area (Å²) in [4.78, 5) is 0. The SMILES string of the molecule is CCCCCCC(CSC(C)(C)C)NC. The van der Waals surface area contributed by atoms with Gasteiger partial charge in [-0.25, -0.2) is 0 Å². The molecule has 0 radical (unpaired) electrons. The Bertz CT molecular complexity index is 140. The van der Waals surface area contributed by atoms with Crippen LogP contribution in [0.2, 0.25) is 0 Å². The van der Waals surface area contributed by atoms with Crippen molar-refractivity contribution >= 4 is 11.8 Å². The van der Waals surface area contributed by atoms with Crippen LogP contribution >= 0.6 is 11.8 Å². The largest absolute Gasteiger partial charge is 0.316 e. The van der Waals surface area contributed by atoms with E-state index in [0.29, 0.717) is 10.8 Å². The molecule has 0 aliphatic heterocycles. The summed E-state index contributed by atoms with van der Waals surface area (Å²) >= 11 is 2.07. The molecule has 2 heteroatoms. The number of rotatable bonds is 8. The van der Waals surface area contributed by atoms with E-state index < -0.39 is 0 Å². The van der Waals surface area contributed by atoms with Gasteiger partial charge in [-0.15, -0.1) is 0 Å². The third kappa shape index (κ3) is 10.6. The second-order valence-corrected chi connectivity index (χ2v) is 7.11. The number of hydrogen-bond acceptors (Lipinski definition) is 2. The minimum atomic E-state index is 0.401. The molecule has 1 unspecified atom stereocenters. The standard InChI is InChI=1S/C13H29NS/c1-6-7-8-9-10-12(14-5)11-15-13(2,3)4/h12,14H,6-11H2,1-5H3. The van der Waals surface area contributed by atoms with Crippen LogP contribution in [0.4, 0.5) is 0 Å². The molecule has 1 nitrogen and oxygen atoms in total. The molecule has 0 aliphatic rings. The van der Waals surface area contributed by atoms with E-state index in [4.69, 9.17) is 0 Å². The predicted molar refractivity (Wildman–Crippen MR) is 73.8 cm³/mol. The van der Waals surface area contributed by atoms with Crippen LogP contribution in [-0.2, 0) is 0 Å². The summed E-state index contributed by atoms with van der Waals surface area (Å²) in [5.74, 6) is 1.24. The molecule has 1 atom stereocenters. The zero-order valence-electron chi connectivity index (χ0n) is 11.2. The van der Waals surface area contributed by atoms with Crippen LogP contribution in [0.25, 0.3) is 0 Å². The summed E-state index contributed by atoms with van der Waals surface area (Å²) in [5, 5.41) is 3.43. The summed E-state index contributed by atoms with van der Waals surface area (Å²) in [6, 6.07) is 0.700. The molecule has 0 aromatic rings. The van der Waals surface area contributed by atoms with Crippen molar-refractivity contribution in [2.45, 2.75) is 70.6 Å². The fourth-order valence-corrected chi connectivity index (χ4v) is 2.51. The van der Waals surface area contributed by atoms with Crippen LogP contribution in [-0.4, -0.2) is 23.6 Å². The Balaban J connectivity index is 3.55. The zero-order valence-corrected chi connectivity index (χ0v) is 12.0. The van der Waals surface area contributed by atoms with Gasteiger partial charge in [0, 0.05) is 16.5 Å². The molecule has 0 bridgehead atoms. The smallest absolute Gasteiger partial charge is 0.0155 e. The molecule has 0 aromatic carbocycles. The maximum Gasteiger partial charge on any atom is 0.0155 e. The fraction of sp³-hybridized carbons (Fsp3) is 1.00. The lowest BCUT2D eigenvalue weighted by molar-refractivity contribution is 0.522. The highest BCUT2D eigenvalue weighted by molar-refractivity contribution is 8.00. The maximum atomic E-state index is 3.43. The van der Waals surface area contributed by atoms with Crippen molar-refractivity contribution in [1.29, 1.82) is 0 Å². The van der Waals surface area contributed by atoms with Gasteiger partial charge in [0.2, 0.25) is 0 Å². The first-order valence-electron chi connectivity index (χ1n) is 6.31. The van der Waals surface area contributed by atoms with Gasteiger partial charge in [0.15, 0.2) is 0 Å². The van der Waals surface area contributed by atoms with Gasteiger partial charge in [-0.1, -0.05) is 53.4 Å². The molecular formula is C13H29NS. The minimum Gasteiger partial charge on any atom is -0.316 e. The van der Waals surface area contributed by atoms with Crippen molar-refractivity contribution < 1.29 is 0 Å². The number of unbranched alkanes of at least 4 members (excludes halogenated alkanes) is 3. The fourth-order valence-electron chi connectivity index (χ4n) is 1.48. The van der Waals surface area contributed by atoms with E-state index >= 15 is 0 Å². The first kappa shape index (κ1) is 15.3. The van der Waals surface area contributed by atoms with Gasteiger partial charge in [-0.3, -0.25) is 0 Å². The average molecular weight is 231 g/mol. The third-order valence-electron chi connectivity index (χ3n) is 2.53. The van der Waals surface area contributed by atoms with Crippen molar-refractivity contribution in [3.8, 4) is 0 Å². The summed E-state index contributed by atoms with van der Waals surface area (Å²) in [6.07, 6.45) is 6.84. The molecule has 0 heterocycles. The molecule has 0 rings (SSSR count). The molecule has 15 heavy (non-hydrogen) atoms. The van der Waals surface area contributed by atoms with Crippen LogP contribution < -0.4 is 5.32 Å². The van der Waals surface area contributed by atoms with Crippen molar-refractivity contribution in [3.63, 3.8) is 0 Å². The van der Waals surface area contributed by atoms with Crippen LogP contribution in [0.5, 0.6) is 0 Å². The van der Waals surface area contributed by atoms with Gasteiger partial charge in [0.1, 0.15) is 0 Å². The Morgan fingerprint density at radius 1 is 1.13 bits per heavy atom. The van der Waals surface area contributed by atoms with Gasteiger partial charge < -0.3 is 5.32 Å². The molecule has 0 saturated carbocycles. The molecule has 0 fully saturated rings. The summed E-state index contributed by atoms with van der Waals surface area (Å²) < 4.78 is 0.401. The predicted octanol–water partition coefficient (Wildman–Crippen LogP) is 4.08. The Hall–Kier alpha value is 0.310. The highest BCUT2D eigenvalue weighted by atomic mass is 32.2. The monoisotopic (exact) mass is 231 g/mol. The lowest BCUT2D eigenvalue weighted by atomic mass is 10.1. The number of thioether (sulfide) groups is 1. The van der Waals surface area contributed by atoms with E-state index in [0.717, 1.165) is 0 Å². The quantitative estimate of drug-likeness (QED) is 0.632. The summed E-state index contributed by atoms with van der Waals surface area (Å²) in [6.45, 7) is 9.15. The van der Waals surface area contributed by atoms with Gasteiger partial charge in [0.05, 0.1) is 0 Å². The highest BCUT2D eigenvalue weighted by Crippen LogP contribution is 2.24. The lowest BCUT2D eigenvalue weighted by Gasteiger charge is -2.22. The van der Waals surface area contributed by atoms with E-state index in [1.54, 1.807) is 0 Å². The molecule has 0 spiro atoms. The van der Waals surface area contributed by atoms with E-state index in [-0.39, 0.29) is 0 Å². The van der Waals surface area contributed by atoms with Crippen molar-refractivity contribution in [1.82, 2.24) is 5.32 Å². The molecule has 92 valence electrons. The molecule has 0 aromatic heterocycles. The van der Waals surface area contributed by atoms with Crippen molar-refractivity contribution in [2.24, 2.45) is 0 Å². The molecule has 0 amide bonds. The van der Waals surface area contributed by atoms with Crippen molar-refractivity contribution in [2.75, 3.05) is 12.8 Å². The zero-order chi connectivity index (χ0) is 11.7. The topological polar surface area (TPSA) is 12.0 Å². The average Bonchev–Trinajstić information content (AvgIpc) is 2.15. The Morgan fingerprint density at radius 2 is 1.80 bits per heavy atom. The van der Waals surface area contributed by atoms with Crippen LogP contribution in [0.3, 0.4) is 0 Å². The van der Waals surface area contributed by atoms with E-state index in [1.807, 2.05) is 0 Å². The maximum absolute atomic E-state index is 3.43. The normalized spacial score (nSPS) is 14.2. The van der Waals surface area contributed by atoms with E-state index in [1.165, 1.54) is 37.9 Å². The second kappa shape index (κ2) is 8.46. The van der Waals surface area contributed by atoms with Crippen LogP contribution in [0, 0.1) is 0 Å². The summed E-state index contributed by atoms with van der Waals surface area (Å²) in [5.41, 5.74) is 0. The first-order valence-corrected chi connectivity index (χ1v) is 7.29. The lowest BCUT2D eigenvalue weighted by Crippen LogP contribution is -2.29. The van der Waals surface area contributed by atoms with E-state index in [2.05, 4.69) is 51.8 Å². The van der Waals surface area contributed by atoms with E-state index in [9.17, 15) is 0 Å². The number of nitrogens with one attached hydrogen (secondary N) is 1. The third-order valence-corrected chi connectivity index (χ3v) is 3.97. The summed E-state index contributed by atoms with van der Waals surface area (Å²) in [7, 11) is 2.09. The Morgan fingerprint density at radius 3 is 2.27 bits per heavy atom. The van der Waals surface area contributed by atoms with Crippen LogP contribution in [0.1, 0.15) is 59.8 Å². The Labute approximate surface area is 101 Å². The van der Waals surface area contributed by atoms with Gasteiger partial charge in [-0.2, -0.15) is 11.8 Å². The van der Waals surface area contributed by atoms with Gasteiger partial charge in [0.25, 0.3) is 0 Å². The number of hydrogen-bond donors (Lipinski definition) is 1. The van der Waals surface area contributed by atoms with Gasteiger partial charge in [-0.05, 0) is 13.5 Å². The van der Waals surface area contributed by atoms with Crippen molar-refractivity contribution in [3.05, 3.63) is 0 Å². The molecule has 0 aliphatic carbocycles. The van der Waals surface area contributed by atoms with Crippen LogP contribution in [0.15, 0.2) is 0 Å². The minimum absolute atomic E-state index is 0.401. The molecular weight excluding hydrogens is 202 g/mol. The van der Waals surface area contributed by atoms with Gasteiger partial charge >= 0.3 is 0 Å². The highest BCUT2D eigenvalue weighted by Gasteiger charge is 2.14. The second-order valence-electron chi connectivity index (χ2n) is 5.26.